The zero-order valence-corrected chi connectivity index (χ0v) is 16.5. The predicted octanol–water partition coefficient (Wildman–Crippen LogP) is 2.28. The number of carbonyl (C=O) groups excluding carboxylic acids is 1. The Bertz CT molecular complexity index is 903. The first-order valence-electron chi connectivity index (χ1n) is 9.34. The van der Waals surface area contributed by atoms with Gasteiger partial charge < -0.3 is 5.32 Å². The van der Waals surface area contributed by atoms with E-state index in [1.165, 1.54) is 6.07 Å². The van der Waals surface area contributed by atoms with Gasteiger partial charge in [0.05, 0.1) is 27.3 Å². The van der Waals surface area contributed by atoms with Crippen LogP contribution in [0, 0.1) is 11.3 Å². The van der Waals surface area contributed by atoms with Crippen LogP contribution >= 0.6 is 11.6 Å². The smallest absolute Gasteiger partial charge is 0.238 e. The molecule has 3 fully saturated rings. The summed E-state index contributed by atoms with van der Waals surface area (Å²) in [5, 5.41) is 11.6. The molecule has 2 atom stereocenters. The third-order valence-electron chi connectivity index (χ3n) is 6.06. The zero-order valence-electron chi connectivity index (χ0n) is 14.9. The van der Waals surface area contributed by atoms with Gasteiger partial charge in [-0.25, -0.2) is 8.42 Å². The molecule has 0 radical (unpaired) electrons. The molecule has 1 aromatic rings. The van der Waals surface area contributed by atoms with Crippen molar-refractivity contribution in [1.82, 2.24) is 10.2 Å². The number of halogens is 1. The van der Waals surface area contributed by atoms with E-state index in [0.29, 0.717) is 19.4 Å². The summed E-state index contributed by atoms with van der Waals surface area (Å²) in [7, 11) is -3.64. The molecule has 1 N–H and O–H groups in total. The first kappa shape index (κ1) is 18.7. The Hall–Kier alpha value is -1.62. The van der Waals surface area contributed by atoms with Crippen LogP contribution in [0.2, 0.25) is 5.02 Å². The lowest BCUT2D eigenvalue weighted by Gasteiger charge is -2.38. The first-order chi connectivity index (χ1) is 12.9. The van der Waals surface area contributed by atoms with Gasteiger partial charge in [0.2, 0.25) is 5.91 Å². The summed E-state index contributed by atoms with van der Waals surface area (Å²) < 4.78 is 26.3. The molecule has 1 aromatic carbocycles. The first-order valence-corrected chi connectivity index (χ1v) is 11.3. The Morgan fingerprint density at radius 2 is 2.00 bits per heavy atom. The van der Waals surface area contributed by atoms with Gasteiger partial charge in [0.25, 0.3) is 0 Å². The number of rotatable bonds is 5. The van der Waals surface area contributed by atoms with Crippen LogP contribution in [0.25, 0.3) is 0 Å². The second-order valence-corrected chi connectivity index (χ2v) is 10.4. The van der Waals surface area contributed by atoms with Crippen molar-refractivity contribution in [2.24, 2.45) is 0 Å². The number of carbonyl (C=O) groups is 1. The maximum atomic E-state index is 13.2. The van der Waals surface area contributed by atoms with Gasteiger partial charge in [-0.1, -0.05) is 30.2 Å². The molecule has 8 heteroatoms. The highest BCUT2D eigenvalue weighted by Crippen LogP contribution is 2.38. The normalized spacial score (nSPS) is 27.6. The summed E-state index contributed by atoms with van der Waals surface area (Å²) in [5.74, 6) is -0.224. The lowest BCUT2D eigenvalue weighted by atomic mass is 9.91. The van der Waals surface area contributed by atoms with Crippen LogP contribution in [-0.2, 0) is 14.6 Å². The number of sulfone groups is 1. The molecule has 1 saturated heterocycles. The molecule has 0 aromatic heterocycles. The summed E-state index contributed by atoms with van der Waals surface area (Å²) in [6, 6.07) is 8.35. The molecule has 1 heterocycles. The minimum Gasteiger partial charge on any atom is -0.336 e. The average Bonchev–Trinajstić information content (AvgIpc) is 3.22. The molecule has 6 nitrogen and oxygen atoms in total. The van der Waals surface area contributed by atoms with Gasteiger partial charge in [-0.05, 0) is 44.2 Å². The van der Waals surface area contributed by atoms with Crippen LogP contribution in [0.3, 0.4) is 0 Å². The van der Waals surface area contributed by atoms with E-state index in [4.69, 9.17) is 11.6 Å². The SMILES string of the molecule is N#CC1(NC(=O)[C@@H]2C[C@@H](S(=O)(=O)c3ccccc3Cl)CN2C2CCC2)CC1. The topological polar surface area (TPSA) is 90.3 Å². The number of hydrogen-bond acceptors (Lipinski definition) is 5. The molecule has 3 aliphatic rings. The highest BCUT2D eigenvalue weighted by Gasteiger charge is 2.51. The van der Waals surface area contributed by atoms with Gasteiger partial charge in [0.1, 0.15) is 5.54 Å². The monoisotopic (exact) mass is 407 g/mol. The van der Waals surface area contributed by atoms with Crippen molar-refractivity contribution in [3.63, 3.8) is 0 Å². The summed E-state index contributed by atoms with van der Waals surface area (Å²) in [5.41, 5.74) is -0.748. The zero-order chi connectivity index (χ0) is 19.2. The minimum absolute atomic E-state index is 0.127. The standard InChI is InChI=1S/C19H22ClN3O3S/c20-15-6-1-2-7-17(15)27(25,26)14-10-16(23(11-14)13-4-3-5-13)18(24)22-19(12-21)8-9-19/h1-2,6-7,13-14,16H,3-5,8-11H2,(H,22,24)/t14-,16+/m1/s1. The third-order valence-corrected chi connectivity index (χ3v) is 8.69. The lowest BCUT2D eigenvalue weighted by Crippen LogP contribution is -2.52. The molecule has 4 rings (SSSR count). The Balaban J connectivity index is 1.58. The number of nitrogens with one attached hydrogen (secondary N) is 1. The lowest BCUT2D eigenvalue weighted by molar-refractivity contribution is -0.127. The number of amides is 1. The van der Waals surface area contributed by atoms with E-state index in [1.54, 1.807) is 18.2 Å². The highest BCUT2D eigenvalue weighted by molar-refractivity contribution is 7.92. The molecule has 2 aliphatic carbocycles. The van der Waals surface area contributed by atoms with E-state index in [0.717, 1.165) is 19.3 Å². The van der Waals surface area contributed by atoms with Crippen molar-refractivity contribution in [2.45, 2.75) is 66.3 Å². The van der Waals surface area contributed by atoms with Crippen molar-refractivity contribution < 1.29 is 13.2 Å². The fourth-order valence-electron chi connectivity index (χ4n) is 3.99. The molecule has 0 spiro atoms. The maximum Gasteiger partial charge on any atom is 0.238 e. The summed E-state index contributed by atoms with van der Waals surface area (Å²) in [4.78, 5) is 15.0. The third kappa shape index (κ3) is 3.35. The second kappa shape index (κ2) is 6.77. The van der Waals surface area contributed by atoms with Crippen LogP contribution < -0.4 is 5.32 Å². The van der Waals surface area contributed by atoms with E-state index < -0.39 is 26.7 Å². The summed E-state index contributed by atoms with van der Waals surface area (Å²) in [6.07, 6.45) is 4.61. The fourth-order valence-corrected chi connectivity index (χ4v) is 6.22. The van der Waals surface area contributed by atoms with Gasteiger partial charge in [0, 0.05) is 12.6 Å². The summed E-state index contributed by atoms with van der Waals surface area (Å²) in [6.45, 7) is 0.329. The molecular weight excluding hydrogens is 386 g/mol. The number of likely N-dealkylation sites (tertiary alicyclic amines) is 1. The van der Waals surface area contributed by atoms with Crippen LogP contribution in [0.1, 0.15) is 38.5 Å². The largest absolute Gasteiger partial charge is 0.336 e. The number of nitrogens with zero attached hydrogens (tertiary/aromatic N) is 2. The van der Waals surface area contributed by atoms with E-state index in [9.17, 15) is 18.5 Å². The van der Waals surface area contributed by atoms with Gasteiger partial charge in [-0.15, -0.1) is 0 Å². The van der Waals surface area contributed by atoms with Gasteiger partial charge in [-0.3, -0.25) is 9.69 Å². The molecule has 0 bridgehead atoms. The molecular formula is C19H22ClN3O3S. The van der Waals surface area contributed by atoms with Gasteiger partial charge >= 0.3 is 0 Å². The quantitative estimate of drug-likeness (QED) is 0.808. The maximum absolute atomic E-state index is 13.2. The molecule has 27 heavy (non-hydrogen) atoms. The molecule has 1 amide bonds. The molecule has 144 valence electrons. The van der Waals surface area contributed by atoms with Crippen LogP contribution in [0.5, 0.6) is 0 Å². The second-order valence-electron chi connectivity index (χ2n) is 7.81. The van der Waals surface area contributed by atoms with Crippen molar-refractivity contribution in [1.29, 1.82) is 5.26 Å². The van der Waals surface area contributed by atoms with E-state index in [-0.39, 0.29) is 28.3 Å². The predicted molar refractivity (Wildman–Crippen MR) is 101 cm³/mol. The summed E-state index contributed by atoms with van der Waals surface area (Å²) >= 11 is 6.13. The van der Waals surface area contributed by atoms with Gasteiger partial charge in [0.15, 0.2) is 9.84 Å². The van der Waals surface area contributed by atoms with E-state index >= 15 is 0 Å². The minimum atomic E-state index is -3.64. The number of nitriles is 1. The van der Waals surface area contributed by atoms with Crippen LogP contribution in [-0.4, -0.2) is 48.6 Å². The van der Waals surface area contributed by atoms with E-state index in [2.05, 4.69) is 11.4 Å². The molecule has 2 saturated carbocycles. The van der Waals surface area contributed by atoms with Crippen molar-refractivity contribution in [3.8, 4) is 6.07 Å². The molecule has 1 aliphatic heterocycles. The van der Waals surface area contributed by atoms with Crippen LogP contribution in [0.4, 0.5) is 0 Å². The Kier molecular flexibility index (Phi) is 4.69. The Labute approximate surface area is 164 Å². The van der Waals surface area contributed by atoms with Crippen molar-refractivity contribution in [3.05, 3.63) is 29.3 Å². The number of benzene rings is 1. The highest BCUT2D eigenvalue weighted by atomic mass is 35.5. The van der Waals surface area contributed by atoms with Crippen LogP contribution in [0.15, 0.2) is 29.2 Å². The van der Waals surface area contributed by atoms with Gasteiger partial charge in [-0.2, -0.15) is 5.26 Å². The average molecular weight is 408 g/mol. The van der Waals surface area contributed by atoms with Crippen molar-refractivity contribution in [2.75, 3.05) is 6.54 Å². The molecule has 0 unspecified atom stereocenters. The van der Waals surface area contributed by atoms with Crippen molar-refractivity contribution >= 4 is 27.3 Å². The van der Waals surface area contributed by atoms with E-state index in [1.807, 2.05) is 4.90 Å². The number of hydrogen-bond donors (Lipinski definition) is 1. The Morgan fingerprint density at radius 3 is 2.56 bits per heavy atom. The Morgan fingerprint density at radius 1 is 1.30 bits per heavy atom. The fraction of sp³-hybridized carbons (Fsp3) is 0.579.